The van der Waals surface area contributed by atoms with Crippen LogP contribution in [0.15, 0.2) is 28.7 Å². The maximum absolute atomic E-state index is 9.41. The first-order chi connectivity index (χ1) is 10.2. The summed E-state index contributed by atoms with van der Waals surface area (Å²) in [5.74, 6) is 2.27. The minimum atomic E-state index is 0.251. The molecule has 1 saturated carbocycles. The molecule has 2 aromatic rings. The van der Waals surface area contributed by atoms with Gasteiger partial charge in [0.25, 0.3) is 0 Å². The van der Waals surface area contributed by atoms with Gasteiger partial charge in [-0.1, -0.05) is 12.8 Å². The third-order valence-electron chi connectivity index (χ3n) is 3.98. The first-order valence-electron chi connectivity index (χ1n) is 7.23. The number of benzene rings is 1. The Morgan fingerprint density at radius 1 is 1.14 bits per heavy atom. The third kappa shape index (κ3) is 2.88. The Balaban J connectivity index is 2.08. The normalized spacial score (nSPS) is 15.3. The van der Waals surface area contributed by atoms with Gasteiger partial charge >= 0.3 is 0 Å². The average Bonchev–Trinajstić information content (AvgIpc) is 3.02. The van der Waals surface area contributed by atoms with E-state index in [1.165, 1.54) is 25.7 Å². The van der Waals surface area contributed by atoms with Crippen LogP contribution in [0.2, 0.25) is 0 Å². The van der Waals surface area contributed by atoms with Gasteiger partial charge in [0.2, 0.25) is 0 Å². The number of phenolic OH excluding ortho intramolecular Hbond substituents is 1. The van der Waals surface area contributed by atoms with Crippen LogP contribution in [0.5, 0.6) is 5.75 Å². The molecule has 110 valence electrons. The molecule has 4 nitrogen and oxygen atoms in total. The van der Waals surface area contributed by atoms with Gasteiger partial charge in [-0.3, -0.25) is 0 Å². The molecule has 1 fully saturated rings. The molecule has 0 radical (unpaired) electrons. The van der Waals surface area contributed by atoms with E-state index < -0.39 is 0 Å². The van der Waals surface area contributed by atoms with Crippen molar-refractivity contribution in [3.8, 4) is 17.1 Å². The second-order valence-electron chi connectivity index (χ2n) is 5.37. The van der Waals surface area contributed by atoms with E-state index in [1.807, 2.05) is 19.2 Å². The van der Waals surface area contributed by atoms with Crippen molar-refractivity contribution in [2.75, 3.05) is 12.4 Å². The van der Waals surface area contributed by atoms with E-state index >= 15 is 0 Å². The maximum atomic E-state index is 9.41. The maximum Gasteiger partial charge on any atom is 0.161 e. The van der Waals surface area contributed by atoms with E-state index in [1.54, 1.807) is 12.1 Å². The second kappa shape index (κ2) is 6.02. The summed E-state index contributed by atoms with van der Waals surface area (Å²) in [4.78, 5) is 9.36. The average molecular weight is 348 g/mol. The molecule has 1 heterocycles. The number of hydrogen-bond donors (Lipinski definition) is 2. The molecule has 0 saturated heterocycles. The SMILES string of the molecule is CNc1nc(-c2ccc(O)cc2)nc(C2CCCC2)c1Br. The molecular formula is C16H18BrN3O. The molecule has 0 bridgehead atoms. The van der Waals surface area contributed by atoms with Crippen LogP contribution < -0.4 is 5.32 Å². The van der Waals surface area contributed by atoms with Crippen LogP contribution in [0.25, 0.3) is 11.4 Å². The number of hydrogen-bond acceptors (Lipinski definition) is 4. The van der Waals surface area contributed by atoms with E-state index in [4.69, 9.17) is 4.98 Å². The summed E-state index contributed by atoms with van der Waals surface area (Å²) in [6, 6.07) is 7.01. The van der Waals surface area contributed by atoms with Crippen LogP contribution in [0.3, 0.4) is 0 Å². The third-order valence-corrected chi connectivity index (χ3v) is 4.76. The minimum Gasteiger partial charge on any atom is -0.508 e. The van der Waals surface area contributed by atoms with Gasteiger partial charge in [-0.2, -0.15) is 0 Å². The zero-order valence-electron chi connectivity index (χ0n) is 11.9. The molecule has 0 unspecified atom stereocenters. The topological polar surface area (TPSA) is 58.0 Å². The second-order valence-corrected chi connectivity index (χ2v) is 6.17. The zero-order chi connectivity index (χ0) is 14.8. The van der Waals surface area contributed by atoms with Gasteiger partial charge in [-0.05, 0) is 53.0 Å². The highest BCUT2D eigenvalue weighted by Gasteiger charge is 2.24. The van der Waals surface area contributed by atoms with Crippen LogP contribution in [-0.4, -0.2) is 22.1 Å². The predicted molar refractivity (Wildman–Crippen MR) is 87.6 cm³/mol. The van der Waals surface area contributed by atoms with Crippen molar-refractivity contribution >= 4 is 21.7 Å². The smallest absolute Gasteiger partial charge is 0.161 e. The number of rotatable bonds is 3. The van der Waals surface area contributed by atoms with E-state index in [0.717, 1.165) is 21.5 Å². The van der Waals surface area contributed by atoms with Crippen LogP contribution in [0.1, 0.15) is 37.3 Å². The molecule has 0 amide bonds. The Morgan fingerprint density at radius 2 is 1.81 bits per heavy atom. The van der Waals surface area contributed by atoms with E-state index in [9.17, 15) is 5.11 Å². The van der Waals surface area contributed by atoms with E-state index in [-0.39, 0.29) is 5.75 Å². The fourth-order valence-electron chi connectivity index (χ4n) is 2.84. The molecule has 5 heteroatoms. The van der Waals surface area contributed by atoms with Crippen molar-refractivity contribution in [1.29, 1.82) is 0 Å². The number of halogens is 1. The molecule has 1 aromatic carbocycles. The number of aromatic hydroxyl groups is 1. The van der Waals surface area contributed by atoms with Crippen molar-refractivity contribution in [2.24, 2.45) is 0 Å². The van der Waals surface area contributed by atoms with Crippen molar-refractivity contribution in [2.45, 2.75) is 31.6 Å². The molecule has 0 spiro atoms. The van der Waals surface area contributed by atoms with Crippen LogP contribution in [0.4, 0.5) is 5.82 Å². The Bertz CT molecular complexity index is 637. The molecule has 1 aliphatic carbocycles. The van der Waals surface area contributed by atoms with Gasteiger partial charge in [0.05, 0.1) is 10.2 Å². The molecule has 1 aliphatic rings. The summed E-state index contributed by atoms with van der Waals surface area (Å²) in [5.41, 5.74) is 2.01. The first kappa shape index (κ1) is 14.3. The Labute approximate surface area is 132 Å². The number of nitrogens with zero attached hydrogens (tertiary/aromatic N) is 2. The standard InChI is InChI=1S/C16H18BrN3O/c1-18-16-13(17)14(10-4-2-3-5-10)19-15(20-16)11-6-8-12(21)9-7-11/h6-10,21H,2-5H2,1H3,(H,18,19,20). The lowest BCUT2D eigenvalue weighted by atomic mass is 10.0. The summed E-state index contributed by atoms with van der Waals surface area (Å²) >= 11 is 3.64. The van der Waals surface area contributed by atoms with Gasteiger partial charge < -0.3 is 10.4 Å². The van der Waals surface area contributed by atoms with Gasteiger partial charge in [-0.15, -0.1) is 0 Å². The number of phenols is 1. The van der Waals surface area contributed by atoms with Gasteiger partial charge in [-0.25, -0.2) is 9.97 Å². The predicted octanol–water partition coefficient (Wildman–Crippen LogP) is 4.31. The molecule has 2 N–H and O–H groups in total. The Kier molecular flexibility index (Phi) is 4.10. The van der Waals surface area contributed by atoms with Gasteiger partial charge in [0.15, 0.2) is 5.82 Å². The molecule has 0 atom stereocenters. The van der Waals surface area contributed by atoms with Crippen molar-refractivity contribution in [3.63, 3.8) is 0 Å². The molecule has 1 aromatic heterocycles. The van der Waals surface area contributed by atoms with Gasteiger partial charge in [0, 0.05) is 18.5 Å². The largest absolute Gasteiger partial charge is 0.508 e. The lowest BCUT2D eigenvalue weighted by Crippen LogP contribution is -2.06. The van der Waals surface area contributed by atoms with E-state index in [0.29, 0.717) is 11.7 Å². The lowest BCUT2D eigenvalue weighted by Gasteiger charge is -2.15. The number of aromatic nitrogens is 2. The fraction of sp³-hybridized carbons (Fsp3) is 0.375. The number of nitrogens with one attached hydrogen (secondary N) is 1. The summed E-state index contributed by atoms with van der Waals surface area (Å²) in [6.45, 7) is 0. The highest BCUT2D eigenvalue weighted by atomic mass is 79.9. The molecule has 3 rings (SSSR count). The highest BCUT2D eigenvalue weighted by Crippen LogP contribution is 2.39. The van der Waals surface area contributed by atoms with Crippen molar-refractivity contribution in [1.82, 2.24) is 9.97 Å². The van der Waals surface area contributed by atoms with Crippen molar-refractivity contribution < 1.29 is 5.11 Å². The monoisotopic (exact) mass is 347 g/mol. The number of anilines is 1. The first-order valence-corrected chi connectivity index (χ1v) is 8.03. The minimum absolute atomic E-state index is 0.251. The van der Waals surface area contributed by atoms with Crippen LogP contribution in [0, 0.1) is 0 Å². The Hall–Kier alpha value is -1.62. The Morgan fingerprint density at radius 3 is 2.43 bits per heavy atom. The molecule has 21 heavy (non-hydrogen) atoms. The summed E-state index contributed by atoms with van der Waals surface area (Å²) < 4.78 is 0.972. The van der Waals surface area contributed by atoms with Crippen molar-refractivity contribution in [3.05, 3.63) is 34.4 Å². The van der Waals surface area contributed by atoms with E-state index in [2.05, 4.69) is 26.2 Å². The lowest BCUT2D eigenvalue weighted by molar-refractivity contribution is 0.475. The molecular weight excluding hydrogens is 330 g/mol. The summed E-state index contributed by atoms with van der Waals surface area (Å²) in [6.07, 6.45) is 4.91. The quantitative estimate of drug-likeness (QED) is 0.868. The van der Waals surface area contributed by atoms with Crippen LogP contribution in [-0.2, 0) is 0 Å². The van der Waals surface area contributed by atoms with Gasteiger partial charge in [0.1, 0.15) is 11.6 Å². The zero-order valence-corrected chi connectivity index (χ0v) is 13.5. The highest BCUT2D eigenvalue weighted by molar-refractivity contribution is 9.10. The fourth-order valence-corrected chi connectivity index (χ4v) is 3.54. The molecule has 0 aliphatic heterocycles. The summed E-state index contributed by atoms with van der Waals surface area (Å²) in [5, 5.41) is 12.5. The van der Waals surface area contributed by atoms with Crippen LogP contribution >= 0.6 is 15.9 Å². The summed E-state index contributed by atoms with van der Waals surface area (Å²) in [7, 11) is 1.87.